The first-order chi connectivity index (χ1) is 37.6. The van der Waals surface area contributed by atoms with Gasteiger partial charge in [0.1, 0.15) is 33.3 Å². The van der Waals surface area contributed by atoms with Crippen LogP contribution in [0.25, 0.3) is 18.2 Å². The van der Waals surface area contributed by atoms with E-state index in [4.69, 9.17) is 48.1 Å². The summed E-state index contributed by atoms with van der Waals surface area (Å²) in [7, 11) is 2.97. The second kappa shape index (κ2) is 50.6. The monoisotopic (exact) mass is 1440 g/mol. The fourth-order valence-electron chi connectivity index (χ4n) is 6.36. The third-order valence-electron chi connectivity index (χ3n) is 10.3. The molecule has 0 bridgehead atoms. The summed E-state index contributed by atoms with van der Waals surface area (Å²) in [6.45, 7) is 19.0. The number of allylic oxidation sites excluding steroid dienone is 1. The van der Waals surface area contributed by atoms with Gasteiger partial charge < -0.3 is 64.6 Å². The molecule has 17 nitrogen and oxygen atoms in total. The Morgan fingerprint density at radius 2 is 0.926 bits per heavy atom. The Bertz CT molecular complexity index is 2390. The SMILES string of the molecule is BrP(Br)Br.C.C=C(OOCC)P(=O)(OCC)OCC.CCOC(=O)/C=C/c1cc(CO)c(C)c(OC)c1.COc1cc(/C=C/CBr)cc(CO)c1C.COc1cc(/C=C/CO)cc(CO)c1C.COc1cc(C=O)cc(CO)c1C.[H-].[Na+]. The Labute approximate surface area is 537 Å². The minimum atomic E-state index is -3.38. The van der Waals surface area contributed by atoms with Crippen molar-refractivity contribution in [3.05, 3.63) is 146 Å². The van der Waals surface area contributed by atoms with E-state index < -0.39 is 7.60 Å². The summed E-state index contributed by atoms with van der Waals surface area (Å²) in [4.78, 5) is 31.0. The number of hydrogen-bond donors (Lipinski definition) is 5. The first-order valence-electron chi connectivity index (χ1n) is 24.2. The zero-order valence-corrected chi connectivity index (χ0v) is 58.1. The van der Waals surface area contributed by atoms with Gasteiger partial charge in [-0.2, -0.15) is 4.89 Å². The van der Waals surface area contributed by atoms with E-state index >= 15 is 0 Å². The van der Waals surface area contributed by atoms with Crippen LogP contribution in [0.2, 0.25) is 0 Å². The number of carbonyl (C=O) groups excluding carboxylic acids is 2. The van der Waals surface area contributed by atoms with Gasteiger partial charge in [0.05, 0.1) is 87.9 Å². The second-order valence-corrected chi connectivity index (χ2v) is 33.4. The van der Waals surface area contributed by atoms with Crippen LogP contribution in [0.4, 0.5) is 0 Å². The minimum absolute atomic E-state index is 0. The molecule has 4 aromatic rings. The van der Waals surface area contributed by atoms with Crippen LogP contribution in [-0.4, -0.2) is 105 Å². The molecule has 0 fully saturated rings. The van der Waals surface area contributed by atoms with Crippen molar-refractivity contribution in [2.75, 3.05) is 66.8 Å². The van der Waals surface area contributed by atoms with E-state index in [0.29, 0.717) is 30.3 Å². The number of benzene rings is 4. The smallest absolute Gasteiger partial charge is 1.00 e. The molecule has 0 aliphatic carbocycles. The number of ether oxygens (including phenoxy) is 5. The maximum absolute atomic E-state index is 11.9. The summed E-state index contributed by atoms with van der Waals surface area (Å²) in [5, 5.41) is 46.1. The summed E-state index contributed by atoms with van der Waals surface area (Å²) >= 11 is 12.8. The van der Waals surface area contributed by atoms with Gasteiger partial charge in [-0.05, 0) is 224 Å². The number of aliphatic hydroxyl groups is 5. The predicted molar refractivity (Wildman–Crippen MR) is 339 cm³/mol. The van der Waals surface area contributed by atoms with Gasteiger partial charge in [-0.1, -0.05) is 47.7 Å². The van der Waals surface area contributed by atoms with Gasteiger partial charge in [0.25, 0.3) is 0 Å². The number of aliphatic hydroxyl groups excluding tert-OH is 5. The number of hydrogen-bond acceptors (Lipinski definition) is 17. The van der Waals surface area contributed by atoms with E-state index in [1.807, 2.05) is 76.2 Å². The standard InChI is InChI=1S/C14H18O4.C12H15BrO2.C12H16O3.C10H12O3.C8H17O5P.CH4.Br3P.Na.H/c1-4-18-14(16)6-5-11-7-12(9-15)10(2)13(8-11)17-3;2*1-9-11(8-14)6-10(4-3-5-13)7-12(9)15-2;1-7-9(6-12)3-8(5-11)4-10(7)13-2;1-5-10-13-8(4)14(9,11-6-2)12-7-3;;1-4(2)3;;/h5-8,15H,4,9H2,1-3H3;3-4,6-7,14H,5,8H2,1-2H3;3-4,6-7,13-14H,5,8H2,1-2H3;3-5,12H,6H2,1-2H3;4-7H2,1-3H3;1H4;;;/q;;;;;;;+1;-1/b6-5+;2*4-3+;;;;;;. The summed E-state index contributed by atoms with van der Waals surface area (Å²) < 4.78 is 47.1. The molecular formula is C57H83Br4NaO17P2. The number of carbonyl (C=O) groups is 2. The number of methoxy groups -OCH3 is 4. The van der Waals surface area contributed by atoms with Crippen molar-refractivity contribution < 1.29 is 113 Å². The first kappa shape index (κ1) is 84.7. The molecule has 0 aromatic heterocycles. The van der Waals surface area contributed by atoms with E-state index in [1.54, 1.807) is 79.4 Å². The Morgan fingerprint density at radius 1 is 0.593 bits per heavy atom. The molecule has 0 saturated carbocycles. The molecule has 0 heterocycles. The van der Waals surface area contributed by atoms with E-state index in [1.165, 1.54) is 13.2 Å². The molecule has 24 heteroatoms. The summed E-state index contributed by atoms with van der Waals surface area (Å²) in [6, 6.07) is 14.6. The summed E-state index contributed by atoms with van der Waals surface area (Å²) in [5.41, 5.74) is 10.1. The fourth-order valence-corrected chi connectivity index (χ4v) is 7.73. The van der Waals surface area contributed by atoms with Gasteiger partial charge in [0, 0.05) is 17.0 Å². The van der Waals surface area contributed by atoms with Crippen molar-refractivity contribution in [1.29, 1.82) is 0 Å². The van der Waals surface area contributed by atoms with Gasteiger partial charge in [-0.25, -0.2) is 4.79 Å². The zero-order valence-electron chi connectivity index (χ0n) is 49.0. The largest absolute Gasteiger partial charge is 1.00 e. The van der Waals surface area contributed by atoms with Crippen LogP contribution in [0.1, 0.15) is 108 Å². The molecule has 0 aliphatic heterocycles. The van der Waals surface area contributed by atoms with E-state index in [9.17, 15) is 24.4 Å². The Balaban J connectivity index is -0.000000294. The minimum Gasteiger partial charge on any atom is -1.00 e. The number of rotatable bonds is 24. The zero-order chi connectivity index (χ0) is 60.5. The molecule has 4 rings (SSSR count). The van der Waals surface area contributed by atoms with Gasteiger partial charge in [-0.15, -0.1) is 0 Å². The quantitative estimate of drug-likeness (QED) is 0.00505. The molecular weight excluding hydrogens is 1360 g/mol. The average molecular weight is 1440 g/mol. The molecule has 0 amide bonds. The molecule has 0 radical (unpaired) electrons. The van der Waals surface area contributed by atoms with E-state index in [2.05, 4.69) is 78.8 Å². The maximum Gasteiger partial charge on any atom is 1.00 e. The topological polar surface area (TPSA) is 235 Å². The molecule has 4 aromatic carbocycles. The van der Waals surface area contributed by atoms with E-state index in [0.717, 1.165) is 84.3 Å². The average Bonchev–Trinajstić information content (AvgIpc) is 3.44. The van der Waals surface area contributed by atoms with Crippen molar-refractivity contribution in [2.45, 2.75) is 89.2 Å². The molecule has 0 atom stereocenters. The molecule has 0 saturated heterocycles. The van der Waals surface area contributed by atoms with E-state index in [-0.39, 0.29) is 100 Å². The first-order valence-corrected chi connectivity index (χ1v) is 34.3. The van der Waals surface area contributed by atoms with Crippen LogP contribution < -0.4 is 48.5 Å². The van der Waals surface area contributed by atoms with Crippen molar-refractivity contribution in [3.63, 3.8) is 0 Å². The number of esters is 1. The third kappa shape index (κ3) is 34.1. The maximum atomic E-state index is 11.9. The van der Waals surface area contributed by atoms with Crippen LogP contribution in [0.15, 0.2) is 78.8 Å². The number of aldehydes is 1. The van der Waals surface area contributed by atoms with Crippen molar-refractivity contribution in [1.82, 2.24) is 0 Å². The fraction of sp³-hybridized carbons (Fsp3) is 0.404. The van der Waals surface area contributed by atoms with Crippen LogP contribution in [-0.2, 0) is 59.3 Å². The van der Waals surface area contributed by atoms with Crippen molar-refractivity contribution >= 4 is 105 Å². The molecule has 0 unspecified atom stereocenters. The second-order valence-electron chi connectivity index (χ2n) is 15.4. The summed E-state index contributed by atoms with van der Waals surface area (Å²) in [5.74, 6) is 2.50. The van der Waals surface area contributed by atoms with Crippen LogP contribution >= 0.6 is 74.0 Å². The van der Waals surface area contributed by atoms with Gasteiger partial charge >= 0.3 is 43.1 Å². The molecule has 0 spiro atoms. The van der Waals surface area contributed by atoms with Crippen LogP contribution in [0, 0.1) is 27.7 Å². The Kier molecular flexibility index (Phi) is 52.9. The van der Waals surface area contributed by atoms with Crippen molar-refractivity contribution in [3.8, 4) is 23.0 Å². The molecule has 452 valence electrons. The molecule has 5 N–H and O–H groups in total. The number of halogens is 4. The van der Waals surface area contributed by atoms with Gasteiger partial charge in [-0.3, -0.25) is 9.36 Å². The number of alkyl halides is 1. The normalized spacial score (nSPS) is 10.4. The van der Waals surface area contributed by atoms with Crippen LogP contribution in [0.5, 0.6) is 23.0 Å². The molecule has 0 aliphatic rings. The third-order valence-corrected chi connectivity index (χ3v) is 12.6. The van der Waals surface area contributed by atoms with Gasteiger partial charge in [0.15, 0.2) is 0 Å². The van der Waals surface area contributed by atoms with Crippen molar-refractivity contribution in [2.24, 2.45) is 0 Å². The molecule has 81 heavy (non-hydrogen) atoms. The van der Waals surface area contributed by atoms with Crippen LogP contribution in [0.3, 0.4) is 0 Å². The Hall–Kier alpha value is -2.76. The summed E-state index contributed by atoms with van der Waals surface area (Å²) in [6.07, 6.45) is 11.2. The predicted octanol–water partition coefficient (Wildman–Crippen LogP) is 11.6. The Morgan fingerprint density at radius 3 is 1.21 bits per heavy atom. The van der Waals surface area contributed by atoms with Gasteiger partial charge in [0.2, 0.25) is 5.50 Å².